The van der Waals surface area contributed by atoms with Crippen molar-refractivity contribution in [3.63, 3.8) is 0 Å². The van der Waals surface area contributed by atoms with Gasteiger partial charge in [0.2, 0.25) is 5.95 Å². The Morgan fingerprint density at radius 1 is 1.41 bits per heavy atom. The molecular formula is C11H13ClN4O. The third-order valence-corrected chi connectivity index (χ3v) is 2.40. The smallest absolute Gasteiger partial charge is 0.224 e. The van der Waals surface area contributed by atoms with Gasteiger partial charge < -0.3 is 15.1 Å². The number of hydrogen-bond acceptors (Lipinski definition) is 5. The van der Waals surface area contributed by atoms with E-state index in [4.69, 9.17) is 16.0 Å². The van der Waals surface area contributed by atoms with Gasteiger partial charge in [0.05, 0.1) is 18.7 Å². The lowest BCUT2D eigenvalue weighted by Gasteiger charge is -2.08. The first-order valence-electron chi connectivity index (χ1n) is 5.31. The van der Waals surface area contributed by atoms with Gasteiger partial charge in [-0.3, -0.25) is 0 Å². The second-order valence-corrected chi connectivity index (χ2v) is 3.81. The first kappa shape index (κ1) is 11.7. The zero-order chi connectivity index (χ0) is 12.1. The number of furan rings is 1. The summed E-state index contributed by atoms with van der Waals surface area (Å²) in [6, 6.07) is 1.88. The summed E-state index contributed by atoms with van der Waals surface area (Å²) < 4.78 is 4.98. The van der Waals surface area contributed by atoms with E-state index in [-0.39, 0.29) is 0 Å². The Kier molecular flexibility index (Phi) is 3.82. The average molecular weight is 253 g/mol. The van der Waals surface area contributed by atoms with Crippen molar-refractivity contribution in [3.05, 3.63) is 35.4 Å². The zero-order valence-electron chi connectivity index (χ0n) is 9.40. The lowest BCUT2D eigenvalue weighted by Crippen LogP contribution is -2.06. The maximum atomic E-state index is 6.00. The molecular weight excluding hydrogens is 240 g/mol. The second kappa shape index (κ2) is 5.54. The molecule has 0 amide bonds. The lowest BCUT2D eigenvalue weighted by molar-refractivity contribution is 0.564. The molecule has 0 aliphatic carbocycles. The average Bonchev–Trinajstić information content (AvgIpc) is 2.83. The molecule has 2 N–H and O–H groups in total. The lowest BCUT2D eigenvalue weighted by atomic mass is 10.3. The Bertz CT molecular complexity index is 472. The molecule has 0 bridgehead atoms. The van der Waals surface area contributed by atoms with E-state index in [1.54, 1.807) is 18.7 Å². The van der Waals surface area contributed by atoms with Crippen LogP contribution >= 0.6 is 11.6 Å². The molecule has 2 aromatic rings. The molecule has 2 aromatic heterocycles. The van der Waals surface area contributed by atoms with Gasteiger partial charge in [0.15, 0.2) is 5.82 Å². The van der Waals surface area contributed by atoms with Gasteiger partial charge in [0.25, 0.3) is 0 Å². The maximum absolute atomic E-state index is 6.00. The normalized spacial score (nSPS) is 10.2. The summed E-state index contributed by atoms with van der Waals surface area (Å²) in [6.07, 6.45) is 4.88. The molecule has 0 unspecified atom stereocenters. The molecule has 6 heteroatoms. The SMILES string of the molecule is CCNc1ncc(Cl)c(NCc2ccoc2)n1. The van der Waals surface area contributed by atoms with Crippen molar-refractivity contribution in [2.75, 3.05) is 17.2 Å². The van der Waals surface area contributed by atoms with E-state index in [1.165, 1.54) is 0 Å². The Hall–Kier alpha value is -1.75. The predicted octanol–water partition coefficient (Wildman–Crippen LogP) is 2.77. The standard InChI is InChI=1S/C11H13ClN4O/c1-2-13-11-15-6-9(12)10(16-11)14-5-8-3-4-17-7-8/h3-4,6-7H,2,5H2,1H3,(H2,13,14,15,16). The number of nitrogens with one attached hydrogen (secondary N) is 2. The monoisotopic (exact) mass is 252 g/mol. The first-order valence-corrected chi connectivity index (χ1v) is 5.68. The van der Waals surface area contributed by atoms with Crippen molar-refractivity contribution in [3.8, 4) is 0 Å². The summed E-state index contributed by atoms with van der Waals surface area (Å²) in [6.45, 7) is 3.36. The highest BCUT2D eigenvalue weighted by Crippen LogP contribution is 2.20. The zero-order valence-corrected chi connectivity index (χ0v) is 10.2. The Balaban J connectivity index is 2.06. The van der Waals surface area contributed by atoms with Crippen molar-refractivity contribution >= 4 is 23.4 Å². The third kappa shape index (κ3) is 3.10. The van der Waals surface area contributed by atoms with Gasteiger partial charge in [0, 0.05) is 18.7 Å². The van der Waals surface area contributed by atoms with Crippen LogP contribution in [-0.2, 0) is 6.54 Å². The molecule has 0 aliphatic heterocycles. The minimum Gasteiger partial charge on any atom is -0.472 e. The van der Waals surface area contributed by atoms with Gasteiger partial charge in [-0.15, -0.1) is 0 Å². The first-order chi connectivity index (χ1) is 8.29. The number of rotatable bonds is 5. The van der Waals surface area contributed by atoms with Crippen molar-refractivity contribution in [2.24, 2.45) is 0 Å². The van der Waals surface area contributed by atoms with Crippen LogP contribution in [-0.4, -0.2) is 16.5 Å². The summed E-state index contributed by atoms with van der Waals surface area (Å²) in [5, 5.41) is 6.66. The van der Waals surface area contributed by atoms with Crippen LogP contribution in [0.4, 0.5) is 11.8 Å². The van der Waals surface area contributed by atoms with Crippen LogP contribution in [0.3, 0.4) is 0 Å². The number of anilines is 2. The summed E-state index contributed by atoms with van der Waals surface area (Å²) in [5.74, 6) is 1.17. The van der Waals surface area contributed by atoms with Crippen LogP contribution in [0.2, 0.25) is 5.02 Å². The predicted molar refractivity (Wildman–Crippen MR) is 67.2 cm³/mol. The van der Waals surface area contributed by atoms with E-state index < -0.39 is 0 Å². The largest absolute Gasteiger partial charge is 0.472 e. The van der Waals surface area contributed by atoms with Crippen LogP contribution in [0.25, 0.3) is 0 Å². The molecule has 0 saturated carbocycles. The molecule has 2 rings (SSSR count). The van der Waals surface area contributed by atoms with E-state index in [9.17, 15) is 0 Å². The van der Waals surface area contributed by atoms with Gasteiger partial charge in [-0.2, -0.15) is 4.98 Å². The van der Waals surface area contributed by atoms with Crippen molar-refractivity contribution in [1.82, 2.24) is 9.97 Å². The molecule has 0 radical (unpaired) electrons. The van der Waals surface area contributed by atoms with Crippen molar-refractivity contribution in [2.45, 2.75) is 13.5 Å². The van der Waals surface area contributed by atoms with Crippen LogP contribution in [0.1, 0.15) is 12.5 Å². The van der Waals surface area contributed by atoms with Crippen LogP contribution < -0.4 is 10.6 Å². The maximum Gasteiger partial charge on any atom is 0.224 e. The van der Waals surface area contributed by atoms with E-state index in [0.717, 1.165) is 12.1 Å². The highest BCUT2D eigenvalue weighted by atomic mass is 35.5. The third-order valence-electron chi connectivity index (χ3n) is 2.12. The Morgan fingerprint density at radius 2 is 2.29 bits per heavy atom. The quantitative estimate of drug-likeness (QED) is 0.857. The van der Waals surface area contributed by atoms with E-state index in [0.29, 0.717) is 23.3 Å². The number of halogens is 1. The molecule has 5 nitrogen and oxygen atoms in total. The molecule has 90 valence electrons. The van der Waals surface area contributed by atoms with Gasteiger partial charge in [-0.25, -0.2) is 4.98 Å². The van der Waals surface area contributed by atoms with E-state index >= 15 is 0 Å². The van der Waals surface area contributed by atoms with Gasteiger partial charge in [-0.05, 0) is 13.0 Å². The fourth-order valence-electron chi connectivity index (χ4n) is 1.31. The highest BCUT2D eigenvalue weighted by molar-refractivity contribution is 6.32. The fraction of sp³-hybridized carbons (Fsp3) is 0.273. The second-order valence-electron chi connectivity index (χ2n) is 3.41. The fourth-order valence-corrected chi connectivity index (χ4v) is 1.47. The molecule has 17 heavy (non-hydrogen) atoms. The molecule has 0 spiro atoms. The highest BCUT2D eigenvalue weighted by Gasteiger charge is 2.04. The van der Waals surface area contributed by atoms with E-state index in [1.807, 2.05) is 13.0 Å². The number of hydrogen-bond donors (Lipinski definition) is 2. The van der Waals surface area contributed by atoms with Crippen LogP contribution in [0.15, 0.2) is 29.2 Å². The van der Waals surface area contributed by atoms with Gasteiger partial charge in [0.1, 0.15) is 5.02 Å². The molecule has 0 atom stereocenters. The molecule has 0 aromatic carbocycles. The van der Waals surface area contributed by atoms with Gasteiger partial charge in [-0.1, -0.05) is 11.6 Å². The molecule has 0 fully saturated rings. The Morgan fingerprint density at radius 3 is 3.00 bits per heavy atom. The van der Waals surface area contributed by atoms with Crippen molar-refractivity contribution < 1.29 is 4.42 Å². The number of nitrogens with zero attached hydrogens (tertiary/aromatic N) is 2. The summed E-state index contributed by atoms with van der Waals surface area (Å²) >= 11 is 6.00. The summed E-state index contributed by atoms with van der Waals surface area (Å²) in [5.41, 5.74) is 1.03. The summed E-state index contributed by atoms with van der Waals surface area (Å²) in [4.78, 5) is 8.33. The minimum atomic E-state index is 0.496. The van der Waals surface area contributed by atoms with Crippen LogP contribution in [0, 0.1) is 0 Å². The molecule has 2 heterocycles. The summed E-state index contributed by atoms with van der Waals surface area (Å²) in [7, 11) is 0. The molecule has 0 saturated heterocycles. The van der Waals surface area contributed by atoms with E-state index in [2.05, 4.69) is 20.6 Å². The van der Waals surface area contributed by atoms with Crippen LogP contribution in [0.5, 0.6) is 0 Å². The topological polar surface area (TPSA) is 63.0 Å². The Labute approximate surface area is 104 Å². The van der Waals surface area contributed by atoms with Crippen molar-refractivity contribution in [1.29, 1.82) is 0 Å². The number of aromatic nitrogens is 2. The van der Waals surface area contributed by atoms with Gasteiger partial charge >= 0.3 is 0 Å². The molecule has 0 aliphatic rings. The minimum absolute atomic E-state index is 0.496.